The molecule has 0 bridgehead atoms. The van der Waals surface area contributed by atoms with Crippen molar-refractivity contribution in [2.75, 3.05) is 23.8 Å². The summed E-state index contributed by atoms with van der Waals surface area (Å²) < 4.78 is 0. The minimum atomic E-state index is 0.125. The molecular formula is C20H23N5O. The highest BCUT2D eigenvalue weighted by atomic mass is 16.3. The van der Waals surface area contributed by atoms with E-state index in [1.165, 1.54) is 0 Å². The standard InChI is InChI=1S/C20H23N5O/c1-14-7-5-8-15(2)19(14)24-18-13-17(16-9-3-4-10-21-16)23-20(25-18)22-11-6-12-26/h3-5,7-10,13,26H,6,11-12H2,1-2H3,(H2,22,23,24,25). The lowest BCUT2D eigenvalue weighted by atomic mass is 10.1. The summed E-state index contributed by atoms with van der Waals surface area (Å²) in [7, 11) is 0. The van der Waals surface area contributed by atoms with E-state index in [1.54, 1.807) is 6.20 Å². The number of aromatic nitrogens is 3. The fourth-order valence-electron chi connectivity index (χ4n) is 2.65. The number of benzene rings is 1. The number of aliphatic hydroxyl groups excluding tert-OH is 1. The monoisotopic (exact) mass is 349 g/mol. The molecule has 1 aromatic carbocycles. The molecule has 0 aliphatic carbocycles. The fourth-order valence-corrected chi connectivity index (χ4v) is 2.65. The number of nitrogens with zero attached hydrogens (tertiary/aromatic N) is 3. The second-order valence-electron chi connectivity index (χ2n) is 6.07. The molecule has 3 rings (SSSR count). The van der Waals surface area contributed by atoms with Crippen molar-refractivity contribution in [1.82, 2.24) is 15.0 Å². The lowest BCUT2D eigenvalue weighted by Crippen LogP contribution is -2.09. The predicted octanol–water partition coefficient (Wildman–Crippen LogP) is 3.69. The van der Waals surface area contributed by atoms with Crippen LogP contribution in [-0.2, 0) is 0 Å². The van der Waals surface area contributed by atoms with Crippen LogP contribution >= 0.6 is 0 Å². The molecule has 0 atom stereocenters. The van der Waals surface area contributed by atoms with Gasteiger partial charge in [0.15, 0.2) is 0 Å². The Balaban J connectivity index is 1.96. The number of anilines is 3. The van der Waals surface area contributed by atoms with Crippen molar-refractivity contribution in [1.29, 1.82) is 0 Å². The van der Waals surface area contributed by atoms with E-state index in [1.807, 2.05) is 30.3 Å². The maximum Gasteiger partial charge on any atom is 0.225 e. The van der Waals surface area contributed by atoms with Crippen molar-refractivity contribution >= 4 is 17.5 Å². The first-order valence-corrected chi connectivity index (χ1v) is 8.66. The summed E-state index contributed by atoms with van der Waals surface area (Å²) in [6.45, 7) is 4.86. The molecule has 0 saturated heterocycles. The van der Waals surface area contributed by atoms with E-state index >= 15 is 0 Å². The van der Waals surface area contributed by atoms with Gasteiger partial charge in [-0.05, 0) is 43.5 Å². The van der Waals surface area contributed by atoms with Gasteiger partial charge in [0, 0.05) is 31.1 Å². The van der Waals surface area contributed by atoms with Gasteiger partial charge in [0.1, 0.15) is 5.82 Å². The van der Waals surface area contributed by atoms with Gasteiger partial charge in [-0.1, -0.05) is 24.3 Å². The van der Waals surface area contributed by atoms with Crippen molar-refractivity contribution in [3.63, 3.8) is 0 Å². The summed E-state index contributed by atoms with van der Waals surface area (Å²) in [5, 5.41) is 15.6. The zero-order valence-electron chi connectivity index (χ0n) is 15.0. The van der Waals surface area contributed by atoms with Crippen LogP contribution in [0.15, 0.2) is 48.7 Å². The highest BCUT2D eigenvalue weighted by Crippen LogP contribution is 2.26. The smallest absolute Gasteiger partial charge is 0.225 e. The number of aryl methyl sites for hydroxylation is 2. The third-order valence-corrected chi connectivity index (χ3v) is 4.01. The van der Waals surface area contributed by atoms with Crippen molar-refractivity contribution < 1.29 is 5.11 Å². The van der Waals surface area contributed by atoms with Crippen LogP contribution in [-0.4, -0.2) is 33.2 Å². The minimum Gasteiger partial charge on any atom is -0.396 e. The quantitative estimate of drug-likeness (QED) is 0.564. The highest BCUT2D eigenvalue weighted by Gasteiger charge is 2.10. The largest absolute Gasteiger partial charge is 0.396 e. The van der Waals surface area contributed by atoms with Crippen LogP contribution in [0, 0.1) is 13.8 Å². The third-order valence-electron chi connectivity index (χ3n) is 4.01. The Hall–Kier alpha value is -2.99. The first-order valence-electron chi connectivity index (χ1n) is 8.66. The van der Waals surface area contributed by atoms with E-state index in [9.17, 15) is 0 Å². The Morgan fingerprint density at radius 1 is 0.962 bits per heavy atom. The summed E-state index contributed by atoms with van der Waals surface area (Å²) in [4.78, 5) is 13.5. The van der Waals surface area contributed by atoms with Crippen LogP contribution in [0.2, 0.25) is 0 Å². The molecule has 0 unspecified atom stereocenters. The van der Waals surface area contributed by atoms with Crippen LogP contribution in [0.25, 0.3) is 11.4 Å². The van der Waals surface area contributed by atoms with Crippen molar-refractivity contribution in [2.24, 2.45) is 0 Å². The van der Waals surface area contributed by atoms with Crippen LogP contribution < -0.4 is 10.6 Å². The molecule has 0 spiro atoms. The molecule has 26 heavy (non-hydrogen) atoms. The van der Waals surface area contributed by atoms with E-state index in [2.05, 4.69) is 51.6 Å². The van der Waals surface area contributed by atoms with E-state index in [4.69, 9.17) is 5.11 Å². The van der Waals surface area contributed by atoms with Gasteiger partial charge in [0.05, 0.1) is 11.4 Å². The third kappa shape index (κ3) is 4.34. The number of aliphatic hydroxyl groups is 1. The Morgan fingerprint density at radius 2 is 1.77 bits per heavy atom. The summed E-state index contributed by atoms with van der Waals surface area (Å²) >= 11 is 0. The van der Waals surface area contributed by atoms with Gasteiger partial charge in [-0.3, -0.25) is 4.98 Å². The molecule has 2 aromatic heterocycles. The van der Waals surface area contributed by atoms with Crippen LogP contribution in [0.1, 0.15) is 17.5 Å². The number of nitrogens with one attached hydrogen (secondary N) is 2. The summed E-state index contributed by atoms with van der Waals surface area (Å²) in [6.07, 6.45) is 2.38. The van der Waals surface area contributed by atoms with E-state index < -0.39 is 0 Å². The first-order chi connectivity index (χ1) is 12.7. The van der Waals surface area contributed by atoms with Gasteiger partial charge in [-0.2, -0.15) is 4.98 Å². The van der Waals surface area contributed by atoms with Crippen molar-refractivity contribution in [2.45, 2.75) is 20.3 Å². The number of rotatable bonds is 7. The van der Waals surface area contributed by atoms with Gasteiger partial charge in [0.2, 0.25) is 5.95 Å². The lowest BCUT2D eigenvalue weighted by Gasteiger charge is -2.14. The molecule has 3 N–H and O–H groups in total. The normalized spacial score (nSPS) is 10.6. The minimum absolute atomic E-state index is 0.125. The SMILES string of the molecule is Cc1cccc(C)c1Nc1cc(-c2ccccn2)nc(NCCCO)n1. The second kappa shape index (κ2) is 8.40. The molecule has 6 heteroatoms. The fraction of sp³-hybridized carbons (Fsp3) is 0.250. The molecule has 0 radical (unpaired) electrons. The maximum absolute atomic E-state index is 8.98. The number of pyridine rings is 1. The van der Waals surface area contributed by atoms with Gasteiger partial charge >= 0.3 is 0 Å². The molecule has 0 aliphatic heterocycles. The molecule has 3 aromatic rings. The molecule has 0 aliphatic rings. The molecule has 6 nitrogen and oxygen atoms in total. The summed E-state index contributed by atoms with van der Waals surface area (Å²) in [5.41, 5.74) is 4.86. The van der Waals surface area contributed by atoms with Crippen LogP contribution in [0.4, 0.5) is 17.5 Å². The Kier molecular flexibility index (Phi) is 5.76. The highest BCUT2D eigenvalue weighted by molar-refractivity contribution is 5.68. The van der Waals surface area contributed by atoms with Crippen LogP contribution in [0.3, 0.4) is 0 Å². The van der Waals surface area contributed by atoms with Crippen LogP contribution in [0.5, 0.6) is 0 Å². The summed E-state index contributed by atoms with van der Waals surface area (Å²) in [6, 6.07) is 13.8. The molecule has 2 heterocycles. The molecule has 0 fully saturated rings. The topological polar surface area (TPSA) is 83.0 Å². The second-order valence-corrected chi connectivity index (χ2v) is 6.07. The van der Waals surface area contributed by atoms with Gasteiger partial charge in [-0.25, -0.2) is 4.98 Å². The lowest BCUT2D eigenvalue weighted by molar-refractivity contribution is 0.292. The number of para-hydroxylation sites is 1. The number of hydrogen-bond donors (Lipinski definition) is 3. The maximum atomic E-state index is 8.98. The average Bonchev–Trinajstić information content (AvgIpc) is 2.66. The van der Waals surface area contributed by atoms with Crippen molar-refractivity contribution in [3.8, 4) is 11.4 Å². The van der Waals surface area contributed by atoms with Crippen molar-refractivity contribution in [3.05, 3.63) is 59.8 Å². The Labute approximate surface area is 153 Å². The van der Waals surface area contributed by atoms with E-state index in [-0.39, 0.29) is 6.61 Å². The van der Waals surface area contributed by atoms with Gasteiger partial charge < -0.3 is 15.7 Å². The molecule has 134 valence electrons. The average molecular weight is 349 g/mol. The predicted molar refractivity (Wildman–Crippen MR) is 105 cm³/mol. The molecular weight excluding hydrogens is 326 g/mol. The zero-order valence-corrected chi connectivity index (χ0v) is 15.0. The number of hydrogen-bond acceptors (Lipinski definition) is 6. The summed E-state index contributed by atoms with van der Waals surface area (Å²) in [5.74, 6) is 1.21. The van der Waals surface area contributed by atoms with E-state index in [0.29, 0.717) is 24.7 Å². The van der Waals surface area contributed by atoms with Gasteiger partial charge in [-0.15, -0.1) is 0 Å². The Bertz CT molecular complexity index is 847. The first kappa shape index (κ1) is 17.8. The van der Waals surface area contributed by atoms with E-state index in [0.717, 1.165) is 28.2 Å². The Morgan fingerprint density at radius 3 is 2.46 bits per heavy atom. The van der Waals surface area contributed by atoms with Gasteiger partial charge in [0.25, 0.3) is 0 Å². The zero-order chi connectivity index (χ0) is 18.4. The molecule has 0 amide bonds. The molecule has 0 saturated carbocycles.